The van der Waals surface area contributed by atoms with E-state index in [1.54, 1.807) is 44.0 Å². The molecule has 0 atom stereocenters. The zero-order valence-corrected chi connectivity index (χ0v) is 15.3. The molecular formula is C17H21NO3S2. The number of hydrogen-bond donors (Lipinski definition) is 1. The van der Waals surface area contributed by atoms with E-state index in [0.717, 1.165) is 16.2 Å². The second-order valence-corrected chi connectivity index (χ2v) is 8.01. The standard InChI is InChI=1S/C17H21NO3S2/c1-5-22-16-9-7-6-8-14(16)18-23(19,20)17-11-10-15(21-4)12(2)13(17)3/h6-11,18H,5H2,1-4H3. The molecule has 2 aromatic carbocycles. The molecule has 1 N–H and O–H groups in total. The minimum atomic E-state index is -3.65. The van der Waals surface area contributed by atoms with Gasteiger partial charge in [-0.1, -0.05) is 19.1 Å². The third-order valence-corrected chi connectivity index (χ3v) is 6.09. The molecule has 0 spiro atoms. The van der Waals surface area contributed by atoms with Crippen LogP contribution in [0.15, 0.2) is 46.2 Å². The Labute approximate surface area is 142 Å². The Bertz CT molecular complexity index is 801. The van der Waals surface area contributed by atoms with Crippen LogP contribution in [0, 0.1) is 13.8 Å². The molecular weight excluding hydrogens is 330 g/mol. The van der Waals surface area contributed by atoms with Crippen molar-refractivity contribution in [2.75, 3.05) is 17.6 Å². The van der Waals surface area contributed by atoms with Gasteiger partial charge in [0.05, 0.1) is 17.7 Å². The fourth-order valence-electron chi connectivity index (χ4n) is 2.32. The van der Waals surface area contributed by atoms with Crippen LogP contribution in [-0.4, -0.2) is 21.3 Å². The number of thioether (sulfide) groups is 1. The van der Waals surface area contributed by atoms with Crippen molar-refractivity contribution in [2.45, 2.75) is 30.6 Å². The van der Waals surface area contributed by atoms with Crippen molar-refractivity contribution >= 4 is 27.5 Å². The van der Waals surface area contributed by atoms with E-state index in [2.05, 4.69) is 4.72 Å². The maximum atomic E-state index is 12.8. The highest BCUT2D eigenvalue weighted by Crippen LogP contribution is 2.31. The number of methoxy groups -OCH3 is 1. The molecule has 0 aliphatic heterocycles. The fraction of sp³-hybridized carbons (Fsp3) is 0.294. The first-order valence-electron chi connectivity index (χ1n) is 7.29. The van der Waals surface area contributed by atoms with E-state index in [0.29, 0.717) is 17.0 Å². The van der Waals surface area contributed by atoms with Gasteiger partial charge in [0.1, 0.15) is 5.75 Å². The maximum absolute atomic E-state index is 12.8. The lowest BCUT2D eigenvalue weighted by atomic mass is 10.1. The average Bonchev–Trinajstić information content (AvgIpc) is 2.51. The summed E-state index contributed by atoms with van der Waals surface area (Å²) in [6.45, 7) is 5.68. The van der Waals surface area contributed by atoms with Crippen LogP contribution in [0.2, 0.25) is 0 Å². The summed E-state index contributed by atoms with van der Waals surface area (Å²) >= 11 is 1.60. The average molecular weight is 351 g/mol. The van der Waals surface area contributed by atoms with Gasteiger partial charge in [0.15, 0.2) is 0 Å². The maximum Gasteiger partial charge on any atom is 0.262 e. The summed E-state index contributed by atoms with van der Waals surface area (Å²) in [6.07, 6.45) is 0. The molecule has 0 saturated carbocycles. The Morgan fingerprint density at radius 1 is 1.09 bits per heavy atom. The van der Waals surface area contributed by atoms with Crippen LogP contribution < -0.4 is 9.46 Å². The molecule has 0 aromatic heterocycles. The van der Waals surface area contributed by atoms with Gasteiger partial charge >= 0.3 is 0 Å². The van der Waals surface area contributed by atoms with E-state index in [9.17, 15) is 8.42 Å². The Balaban J connectivity index is 2.43. The summed E-state index contributed by atoms with van der Waals surface area (Å²) in [5, 5.41) is 0. The SMILES string of the molecule is CCSc1ccccc1NS(=O)(=O)c1ccc(OC)c(C)c1C. The highest BCUT2D eigenvalue weighted by Gasteiger charge is 2.20. The molecule has 23 heavy (non-hydrogen) atoms. The number of rotatable bonds is 6. The van der Waals surface area contributed by atoms with Crippen molar-refractivity contribution in [3.8, 4) is 5.75 Å². The zero-order valence-electron chi connectivity index (χ0n) is 13.7. The number of nitrogens with one attached hydrogen (secondary N) is 1. The molecule has 0 aliphatic rings. The monoisotopic (exact) mass is 351 g/mol. The molecule has 124 valence electrons. The van der Waals surface area contributed by atoms with Gasteiger partial charge in [0.25, 0.3) is 10.0 Å². The van der Waals surface area contributed by atoms with Crippen LogP contribution in [0.4, 0.5) is 5.69 Å². The lowest BCUT2D eigenvalue weighted by Crippen LogP contribution is -2.15. The molecule has 4 nitrogen and oxygen atoms in total. The third kappa shape index (κ3) is 3.82. The number of benzene rings is 2. The first-order valence-corrected chi connectivity index (χ1v) is 9.76. The number of ether oxygens (including phenoxy) is 1. The molecule has 0 unspecified atom stereocenters. The van der Waals surface area contributed by atoms with Crippen molar-refractivity contribution in [1.29, 1.82) is 0 Å². The van der Waals surface area contributed by atoms with E-state index in [4.69, 9.17) is 4.74 Å². The first kappa shape index (κ1) is 17.7. The van der Waals surface area contributed by atoms with Crippen molar-refractivity contribution in [1.82, 2.24) is 0 Å². The number of sulfonamides is 1. The molecule has 0 aliphatic carbocycles. The number of hydrogen-bond acceptors (Lipinski definition) is 4. The normalized spacial score (nSPS) is 11.3. The topological polar surface area (TPSA) is 55.4 Å². The second-order valence-electron chi connectivity index (χ2n) is 5.05. The highest BCUT2D eigenvalue weighted by molar-refractivity contribution is 7.99. The molecule has 6 heteroatoms. The lowest BCUT2D eigenvalue weighted by molar-refractivity contribution is 0.411. The third-order valence-electron chi connectivity index (χ3n) is 3.63. The second kappa shape index (κ2) is 7.27. The van der Waals surface area contributed by atoms with Gasteiger partial charge in [-0.25, -0.2) is 8.42 Å². The number of anilines is 1. The zero-order chi connectivity index (χ0) is 17.0. The van der Waals surface area contributed by atoms with Crippen molar-refractivity contribution in [3.05, 3.63) is 47.5 Å². The van der Waals surface area contributed by atoms with Gasteiger partial charge < -0.3 is 4.74 Å². The Kier molecular flexibility index (Phi) is 5.59. The van der Waals surface area contributed by atoms with Crippen LogP contribution in [0.1, 0.15) is 18.1 Å². The fourth-order valence-corrected chi connectivity index (χ4v) is 4.52. The molecule has 0 amide bonds. The van der Waals surface area contributed by atoms with Gasteiger partial charge in [-0.2, -0.15) is 0 Å². The van der Waals surface area contributed by atoms with Crippen LogP contribution in [0.3, 0.4) is 0 Å². The van der Waals surface area contributed by atoms with Gasteiger partial charge in [0, 0.05) is 4.90 Å². The Morgan fingerprint density at radius 2 is 1.78 bits per heavy atom. The summed E-state index contributed by atoms with van der Waals surface area (Å²) in [6, 6.07) is 10.7. The smallest absolute Gasteiger partial charge is 0.262 e. The molecule has 2 rings (SSSR count). The summed E-state index contributed by atoms with van der Waals surface area (Å²) in [5.74, 6) is 1.56. The summed E-state index contributed by atoms with van der Waals surface area (Å²) in [5.41, 5.74) is 2.12. The van der Waals surface area contributed by atoms with E-state index in [-0.39, 0.29) is 4.90 Å². The predicted molar refractivity (Wildman–Crippen MR) is 96.1 cm³/mol. The van der Waals surface area contributed by atoms with Crippen LogP contribution in [-0.2, 0) is 10.0 Å². The first-order chi connectivity index (χ1) is 10.9. The van der Waals surface area contributed by atoms with E-state index in [1.807, 2.05) is 32.0 Å². The van der Waals surface area contributed by atoms with Crippen molar-refractivity contribution < 1.29 is 13.2 Å². The minimum Gasteiger partial charge on any atom is -0.496 e. The molecule has 0 bridgehead atoms. The number of para-hydroxylation sites is 1. The highest BCUT2D eigenvalue weighted by atomic mass is 32.2. The van der Waals surface area contributed by atoms with Crippen molar-refractivity contribution in [3.63, 3.8) is 0 Å². The van der Waals surface area contributed by atoms with Crippen LogP contribution >= 0.6 is 11.8 Å². The largest absolute Gasteiger partial charge is 0.496 e. The molecule has 0 saturated heterocycles. The van der Waals surface area contributed by atoms with E-state index >= 15 is 0 Å². The van der Waals surface area contributed by atoms with E-state index < -0.39 is 10.0 Å². The predicted octanol–water partition coefficient (Wildman–Crippen LogP) is 4.22. The molecule has 0 fully saturated rings. The Morgan fingerprint density at radius 3 is 2.43 bits per heavy atom. The Hall–Kier alpha value is -1.66. The summed E-state index contributed by atoms with van der Waals surface area (Å²) < 4.78 is 33.5. The van der Waals surface area contributed by atoms with Gasteiger partial charge in [-0.05, 0) is 55.0 Å². The quantitative estimate of drug-likeness (QED) is 0.792. The summed E-state index contributed by atoms with van der Waals surface area (Å²) in [4.78, 5) is 1.19. The van der Waals surface area contributed by atoms with Crippen LogP contribution in [0.5, 0.6) is 5.75 Å². The van der Waals surface area contributed by atoms with Gasteiger partial charge in [0.2, 0.25) is 0 Å². The lowest BCUT2D eigenvalue weighted by Gasteiger charge is -2.15. The molecule has 2 aromatic rings. The van der Waals surface area contributed by atoms with Gasteiger partial charge in [-0.15, -0.1) is 11.8 Å². The minimum absolute atomic E-state index is 0.270. The molecule has 0 heterocycles. The molecule has 0 radical (unpaired) electrons. The van der Waals surface area contributed by atoms with Crippen molar-refractivity contribution in [2.24, 2.45) is 0 Å². The van der Waals surface area contributed by atoms with E-state index in [1.165, 1.54) is 0 Å². The summed E-state index contributed by atoms with van der Waals surface area (Å²) in [7, 11) is -2.08. The van der Waals surface area contributed by atoms with Gasteiger partial charge in [-0.3, -0.25) is 4.72 Å². The van der Waals surface area contributed by atoms with Crippen LogP contribution in [0.25, 0.3) is 0 Å².